The Balaban J connectivity index is 1.54. The molecule has 2 heterocycles. The molecule has 0 bridgehead atoms. The summed E-state index contributed by atoms with van der Waals surface area (Å²) in [6.07, 6.45) is 5.95. The molecule has 124 valence electrons. The van der Waals surface area contributed by atoms with E-state index in [4.69, 9.17) is 9.73 Å². The van der Waals surface area contributed by atoms with Gasteiger partial charge in [-0.2, -0.15) is 0 Å². The van der Waals surface area contributed by atoms with Crippen LogP contribution in [0, 0.1) is 0 Å². The number of thioether (sulfide) groups is 1. The van der Waals surface area contributed by atoms with Crippen molar-refractivity contribution in [2.24, 2.45) is 4.99 Å². The minimum absolute atomic E-state index is 0.295. The first kappa shape index (κ1) is 15.5. The lowest BCUT2D eigenvalue weighted by atomic mass is 10.1. The summed E-state index contributed by atoms with van der Waals surface area (Å²) in [6, 6.07) is 9.21. The standard InChI is InChI=1S/C19H20N2O2S/c1-13-17(18(22)23-15-9-5-3-6-10-15)24-19-20-16-11-7-2-4-8-14(16)12-21(13)19/h3,5-6,9-10H,2,4,7-8,11-12H2,1H3. The van der Waals surface area contributed by atoms with Gasteiger partial charge in [0, 0.05) is 17.9 Å². The van der Waals surface area contributed by atoms with Crippen molar-refractivity contribution in [2.45, 2.75) is 39.0 Å². The second-order valence-corrected chi connectivity index (χ2v) is 7.29. The van der Waals surface area contributed by atoms with Gasteiger partial charge < -0.3 is 9.64 Å². The largest absolute Gasteiger partial charge is 0.423 e. The number of esters is 1. The number of amidine groups is 1. The van der Waals surface area contributed by atoms with Crippen molar-refractivity contribution in [3.05, 3.63) is 52.2 Å². The first-order valence-corrected chi connectivity index (χ1v) is 9.27. The molecule has 0 saturated heterocycles. The number of carbonyl (C=O) groups excluding carboxylic acids is 1. The summed E-state index contributed by atoms with van der Waals surface area (Å²) in [4.78, 5) is 20.2. The van der Waals surface area contributed by atoms with Crippen molar-refractivity contribution in [2.75, 3.05) is 6.54 Å². The Kier molecular flexibility index (Phi) is 4.19. The fourth-order valence-corrected chi connectivity index (χ4v) is 4.36. The van der Waals surface area contributed by atoms with Crippen molar-refractivity contribution in [1.29, 1.82) is 0 Å². The number of para-hydroxylation sites is 1. The molecule has 4 nitrogen and oxygen atoms in total. The van der Waals surface area contributed by atoms with Crippen LogP contribution in [-0.2, 0) is 4.79 Å². The Bertz CT molecular complexity index is 765. The summed E-state index contributed by atoms with van der Waals surface area (Å²) < 4.78 is 5.50. The van der Waals surface area contributed by atoms with Crippen LogP contribution >= 0.6 is 11.8 Å². The van der Waals surface area contributed by atoms with Crippen LogP contribution in [0.1, 0.15) is 39.0 Å². The molecular weight excluding hydrogens is 320 g/mol. The van der Waals surface area contributed by atoms with E-state index < -0.39 is 0 Å². The van der Waals surface area contributed by atoms with Gasteiger partial charge in [-0.05, 0) is 62.1 Å². The zero-order valence-corrected chi connectivity index (χ0v) is 14.6. The average Bonchev–Trinajstić information content (AvgIpc) is 2.77. The number of benzene rings is 1. The van der Waals surface area contributed by atoms with Crippen LogP contribution in [-0.4, -0.2) is 22.6 Å². The molecule has 0 spiro atoms. The monoisotopic (exact) mass is 340 g/mol. The number of allylic oxidation sites excluding steroid dienone is 2. The molecule has 0 saturated carbocycles. The fraction of sp³-hybridized carbons (Fsp3) is 0.368. The highest BCUT2D eigenvalue weighted by Crippen LogP contribution is 2.40. The van der Waals surface area contributed by atoms with Gasteiger partial charge in [-0.15, -0.1) is 0 Å². The molecule has 1 aromatic rings. The molecule has 24 heavy (non-hydrogen) atoms. The summed E-state index contributed by atoms with van der Waals surface area (Å²) in [5.41, 5.74) is 3.64. The molecule has 0 unspecified atom stereocenters. The molecule has 0 N–H and O–H groups in total. The van der Waals surface area contributed by atoms with Gasteiger partial charge in [0.15, 0.2) is 5.17 Å². The Labute approximate surface area is 146 Å². The lowest BCUT2D eigenvalue weighted by Crippen LogP contribution is -2.29. The molecule has 5 heteroatoms. The number of fused-ring (bicyclic) bond motifs is 1. The third kappa shape index (κ3) is 2.88. The maximum Gasteiger partial charge on any atom is 0.352 e. The molecule has 3 aliphatic rings. The normalized spacial score (nSPS) is 20.4. The van der Waals surface area contributed by atoms with Gasteiger partial charge in [-0.25, -0.2) is 9.79 Å². The highest BCUT2D eigenvalue weighted by Gasteiger charge is 2.35. The maximum atomic E-state index is 12.5. The molecule has 0 atom stereocenters. The number of ether oxygens (including phenoxy) is 1. The van der Waals surface area contributed by atoms with Gasteiger partial charge in [0.2, 0.25) is 0 Å². The quantitative estimate of drug-likeness (QED) is 0.589. The van der Waals surface area contributed by atoms with Gasteiger partial charge in [-0.3, -0.25) is 0 Å². The number of rotatable bonds is 2. The first-order chi connectivity index (χ1) is 11.7. The van der Waals surface area contributed by atoms with Crippen LogP contribution in [0.15, 0.2) is 57.2 Å². The first-order valence-electron chi connectivity index (χ1n) is 8.45. The van der Waals surface area contributed by atoms with Crippen LogP contribution in [0.3, 0.4) is 0 Å². The van der Waals surface area contributed by atoms with Crippen LogP contribution < -0.4 is 4.74 Å². The Hall–Kier alpha value is -2.01. The summed E-state index contributed by atoms with van der Waals surface area (Å²) in [5, 5.41) is 0.924. The van der Waals surface area contributed by atoms with Crippen molar-refractivity contribution >= 4 is 22.9 Å². The topological polar surface area (TPSA) is 41.9 Å². The van der Waals surface area contributed by atoms with E-state index in [2.05, 4.69) is 4.90 Å². The van der Waals surface area contributed by atoms with E-state index in [-0.39, 0.29) is 5.97 Å². The number of carbonyl (C=O) groups is 1. The highest BCUT2D eigenvalue weighted by molar-refractivity contribution is 8.18. The molecule has 0 radical (unpaired) electrons. The number of nitrogens with zero attached hydrogens (tertiary/aromatic N) is 2. The Morgan fingerprint density at radius 3 is 2.79 bits per heavy atom. The Morgan fingerprint density at radius 1 is 1.17 bits per heavy atom. The van der Waals surface area contributed by atoms with E-state index in [0.29, 0.717) is 10.7 Å². The molecule has 1 aromatic carbocycles. The van der Waals surface area contributed by atoms with Gasteiger partial charge in [0.05, 0.1) is 0 Å². The summed E-state index contributed by atoms with van der Waals surface area (Å²) in [6.45, 7) is 2.86. The third-order valence-corrected chi connectivity index (χ3v) is 5.84. The Morgan fingerprint density at radius 2 is 1.96 bits per heavy atom. The molecule has 0 amide bonds. The van der Waals surface area contributed by atoms with Gasteiger partial charge in [-0.1, -0.05) is 24.6 Å². The van der Waals surface area contributed by atoms with Crippen LogP contribution in [0.5, 0.6) is 5.75 Å². The van der Waals surface area contributed by atoms with E-state index in [1.807, 2.05) is 25.1 Å². The molecule has 0 fully saturated rings. The van der Waals surface area contributed by atoms with E-state index in [1.54, 1.807) is 12.1 Å². The number of hydrogen-bond donors (Lipinski definition) is 0. The lowest BCUT2D eigenvalue weighted by Gasteiger charge is -2.27. The predicted molar refractivity (Wildman–Crippen MR) is 96.6 cm³/mol. The zero-order chi connectivity index (χ0) is 16.5. The molecule has 4 rings (SSSR count). The van der Waals surface area contributed by atoms with Crippen LogP contribution in [0.25, 0.3) is 0 Å². The van der Waals surface area contributed by atoms with Crippen LogP contribution in [0.4, 0.5) is 0 Å². The molecule has 0 aromatic heterocycles. The van der Waals surface area contributed by atoms with Gasteiger partial charge in [0.1, 0.15) is 10.7 Å². The lowest BCUT2D eigenvalue weighted by molar-refractivity contribution is -0.129. The van der Waals surface area contributed by atoms with Crippen molar-refractivity contribution in [1.82, 2.24) is 4.90 Å². The van der Waals surface area contributed by atoms with Crippen LogP contribution in [0.2, 0.25) is 0 Å². The van der Waals surface area contributed by atoms with E-state index in [1.165, 1.54) is 42.3 Å². The number of aliphatic imine (C=N–C) groups is 1. The molecule has 1 aliphatic carbocycles. The summed E-state index contributed by atoms with van der Waals surface area (Å²) in [7, 11) is 0. The molecular formula is C19H20N2O2S. The van der Waals surface area contributed by atoms with E-state index >= 15 is 0 Å². The molecule has 2 aliphatic heterocycles. The fourth-order valence-electron chi connectivity index (χ4n) is 3.33. The second kappa shape index (κ2) is 6.48. The van der Waals surface area contributed by atoms with E-state index in [0.717, 1.165) is 30.3 Å². The zero-order valence-electron chi connectivity index (χ0n) is 13.7. The third-order valence-electron chi connectivity index (χ3n) is 4.68. The van der Waals surface area contributed by atoms with Crippen molar-refractivity contribution < 1.29 is 9.53 Å². The van der Waals surface area contributed by atoms with Crippen molar-refractivity contribution in [3.8, 4) is 5.75 Å². The minimum Gasteiger partial charge on any atom is -0.423 e. The van der Waals surface area contributed by atoms with Gasteiger partial charge in [0.25, 0.3) is 0 Å². The number of hydrogen-bond acceptors (Lipinski definition) is 5. The van der Waals surface area contributed by atoms with Gasteiger partial charge >= 0.3 is 5.97 Å². The maximum absolute atomic E-state index is 12.5. The predicted octanol–water partition coefficient (Wildman–Crippen LogP) is 4.46. The SMILES string of the molecule is CC1=C(C(=O)Oc2ccccc2)SC2=NC3=C(CCCCC3)CN21. The minimum atomic E-state index is -0.295. The smallest absolute Gasteiger partial charge is 0.352 e. The average molecular weight is 340 g/mol. The van der Waals surface area contributed by atoms with E-state index in [9.17, 15) is 4.79 Å². The summed E-state index contributed by atoms with van der Waals surface area (Å²) in [5.74, 6) is 0.278. The summed E-state index contributed by atoms with van der Waals surface area (Å²) >= 11 is 1.44. The highest BCUT2D eigenvalue weighted by atomic mass is 32.2. The van der Waals surface area contributed by atoms with Crippen molar-refractivity contribution in [3.63, 3.8) is 0 Å². The second-order valence-electron chi connectivity index (χ2n) is 6.31.